The number of carbonyl (C=O) groups excluding carboxylic acids is 1. The molecule has 0 atom stereocenters. The van der Waals surface area contributed by atoms with Crippen LogP contribution >= 0.6 is 0 Å². The Morgan fingerprint density at radius 3 is 2.59 bits per heavy atom. The number of hydrogen-bond acceptors (Lipinski definition) is 5. The van der Waals surface area contributed by atoms with E-state index in [4.69, 9.17) is 4.52 Å². The topological polar surface area (TPSA) is 92.5 Å². The van der Waals surface area contributed by atoms with Gasteiger partial charge in [0.05, 0.1) is 11.4 Å². The SMILES string of the molecule is Cc1cc(C(=O)Nc2ccc(N3CCCS3(=O)=O)cc2)no1. The first-order valence-corrected chi connectivity index (χ1v) is 8.42. The fraction of sp³-hybridized carbons (Fsp3) is 0.286. The van der Waals surface area contributed by atoms with Crippen LogP contribution in [-0.2, 0) is 10.0 Å². The second-order valence-corrected chi connectivity index (χ2v) is 7.08. The third kappa shape index (κ3) is 2.82. The second-order valence-electron chi connectivity index (χ2n) is 5.07. The number of aromatic nitrogens is 1. The highest BCUT2D eigenvalue weighted by Gasteiger charge is 2.28. The Labute approximate surface area is 128 Å². The highest BCUT2D eigenvalue weighted by molar-refractivity contribution is 7.93. The van der Waals surface area contributed by atoms with E-state index in [0.717, 1.165) is 0 Å². The summed E-state index contributed by atoms with van der Waals surface area (Å²) in [5.74, 6) is 0.356. The van der Waals surface area contributed by atoms with Crippen molar-refractivity contribution in [2.45, 2.75) is 13.3 Å². The standard InChI is InChI=1S/C14H15N3O4S/c1-10-9-13(16-21-10)14(18)15-11-3-5-12(6-4-11)17-7-2-8-22(17,19)20/h3-6,9H,2,7-8H2,1H3,(H,15,18). The fourth-order valence-corrected chi connectivity index (χ4v) is 3.87. The first kappa shape index (κ1) is 14.6. The molecular formula is C14H15N3O4S. The Balaban J connectivity index is 1.73. The van der Waals surface area contributed by atoms with Gasteiger partial charge in [-0.1, -0.05) is 5.16 Å². The molecule has 0 unspecified atom stereocenters. The monoisotopic (exact) mass is 321 g/mol. The summed E-state index contributed by atoms with van der Waals surface area (Å²) >= 11 is 0. The summed E-state index contributed by atoms with van der Waals surface area (Å²) in [6.07, 6.45) is 0.631. The van der Waals surface area contributed by atoms with Gasteiger partial charge in [0, 0.05) is 18.3 Å². The van der Waals surface area contributed by atoms with Crippen LogP contribution in [0.1, 0.15) is 22.7 Å². The van der Waals surface area contributed by atoms with Crippen LogP contribution in [0.25, 0.3) is 0 Å². The first-order chi connectivity index (χ1) is 10.5. The second kappa shape index (κ2) is 5.45. The lowest BCUT2D eigenvalue weighted by Gasteiger charge is -2.17. The molecule has 22 heavy (non-hydrogen) atoms. The molecule has 116 valence electrons. The van der Waals surface area contributed by atoms with Crippen molar-refractivity contribution in [2.75, 3.05) is 21.9 Å². The normalized spacial score (nSPS) is 16.7. The van der Waals surface area contributed by atoms with Crippen LogP contribution in [0.5, 0.6) is 0 Å². The van der Waals surface area contributed by atoms with Crippen LogP contribution in [0, 0.1) is 6.92 Å². The summed E-state index contributed by atoms with van der Waals surface area (Å²) in [6.45, 7) is 2.20. The number of nitrogens with zero attached hydrogens (tertiary/aromatic N) is 2. The van der Waals surface area contributed by atoms with Crippen LogP contribution < -0.4 is 9.62 Å². The van der Waals surface area contributed by atoms with E-state index in [-0.39, 0.29) is 17.4 Å². The van der Waals surface area contributed by atoms with Gasteiger partial charge in [-0.15, -0.1) is 0 Å². The predicted octanol–water partition coefficient (Wildman–Crippen LogP) is 1.78. The van der Waals surface area contributed by atoms with Crippen molar-refractivity contribution in [1.29, 1.82) is 0 Å². The minimum atomic E-state index is -3.19. The number of hydrogen-bond donors (Lipinski definition) is 1. The average Bonchev–Trinajstić information content (AvgIpc) is 3.05. The highest BCUT2D eigenvalue weighted by atomic mass is 32.2. The maximum absolute atomic E-state index is 11.9. The molecule has 0 aliphatic carbocycles. The van der Waals surface area contributed by atoms with Gasteiger partial charge in [0.15, 0.2) is 5.69 Å². The number of anilines is 2. The summed E-state index contributed by atoms with van der Waals surface area (Å²) in [5.41, 5.74) is 1.36. The molecule has 2 aromatic rings. The molecule has 0 bridgehead atoms. The summed E-state index contributed by atoms with van der Waals surface area (Å²) in [5, 5.41) is 6.32. The van der Waals surface area contributed by atoms with Crippen LogP contribution in [0.15, 0.2) is 34.9 Å². The smallest absolute Gasteiger partial charge is 0.277 e. The van der Waals surface area contributed by atoms with Crippen molar-refractivity contribution in [1.82, 2.24) is 5.16 Å². The number of aryl methyl sites for hydroxylation is 1. The Morgan fingerprint density at radius 1 is 1.32 bits per heavy atom. The van der Waals surface area contributed by atoms with Crippen molar-refractivity contribution in [3.63, 3.8) is 0 Å². The number of nitrogens with one attached hydrogen (secondary N) is 1. The minimum absolute atomic E-state index is 0.178. The van der Waals surface area contributed by atoms with Crippen LogP contribution in [-0.4, -0.2) is 31.8 Å². The van der Waals surface area contributed by atoms with E-state index in [0.29, 0.717) is 30.1 Å². The van der Waals surface area contributed by atoms with Gasteiger partial charge in [0.1, 0.15) is 5.76 Å². The highest BCUT2D eigenvalue weighted by Crippen LogP contribution is 2.25. The van der Waals surface area contributed by atoms with E-state index in [1.807, 2.05) is 0 Å². The lowest BCUT2D eigenvalue weighted by atomic mass is 10.2. The van der Waals surface area contributed by atoms with Gasteiger partial charge in [0.25, 0.3) is 5.91 Å². The zero-order valence-electron chi connectivity index (χ0n) is 11.9. The van der Waals surface area contributed by atoms with Gasteiger partial charge in [-0.25, -0.2) is 8.42 Å². The van der Waals surface area contributed by atoms with E-state index in [1.165, 1.54) is 4.31 Å². The maximum Gasteiger partial charge on any atom is 0.277 e. The van der Waals surface area contributed by atoms with Gasteiger partial charge in [-0.05, 0) is 37.6 Å². The Kier molecular flexibility index (Phi) is 3.61. The molecule has 0 spiro atoms. The summed E-state index contributed by atoms with van der Waals surface area (Å²) < 4.78 is 29.9. The lowest BCUT2D eigenvalue weighted by molar-refractivity contribution is 0.101. The zero-order valence-corrected chi connectivity index (χ0v) is 12.8. The van der Waals surface area contributed by atoms with Gasteiger partial charge in [-0.2, -0.15) is 0 Å². The van der Waals surface area contributed by atoms with Crippen LogP contribution in [0.3, 0.4) is 0 Å². The molecule has 1 aliphatic heterocycles. The Hall–Kier alpha value is -2.35. The Bertz CT molecular complexity index is 796. The molecule has 8 heteroatoms. The number of benzene rings is 1. The van der Waals surface area contributed by atoms with E-state index in [1.54, 1.807) is 37.3 Å². The molecule has 0 radical (unpaired) electrons. The summed E-state index contributed by atoms with van der Waals surface area (Å²) in [7, 11) is -3.19. The van der Waals surface area contributed by atoms with Crippen LogP contribution in [0.2, 0.25) is 0 Å². The zero-order chi connectivity index (χ0) is 15.7. The predicted molar refractivity (Wildman–Crippen MR) is 81.4 cm³/mol. The fourth-order valence-electron chi connectivity index (χ4n) is 2.31. The maximum atomic E-state index is 11.9. The van der Waals surface area contributed by atoms with Crippen molar-refractivity contribution >= 4 is 27.3 Å². The third-order valence-electron chi connectivity index (χ3n) is 3.37. The number of sulfonamides is 1. The van der Waals surface area contributed by atoms with Crippen molar-refractivity contribution in [3.8, 4) is 0 Å². The molecule has 1 saturated heterocycles. The number of carbonyl (C=O) groups is 1. The van der Waals surface area contributed by atoms with Crippen LogP contribution in [0.4, 0.5) is 11.4 Å². The van der Waals surface area contributed by atoms with Crippen molar-refractivity contribution in [2.24, 2.45) is 0 Å². The first-order valence-electron chi connectivity index (χ1n) is 6.81. The number of rotatable bonds is 3. The lowest BCUT2D eigenvalue weighted by Crippen LogP contribution is -2.25. The molecular weight excluding hydrogens is 306 g/mol. The molecule has 1 N–H and O–H groups in total. The van der Waals surface area contributed by atoms with Gasteiger partial charge in [0.2, 0.25) is 10.0 Å². The quantitative estimate of drug-likeness (QED) is 0.930. The molecule has 2 heterocycles. The summed E-state index contributed by atoms with van der Waals surface area (Å²) in [4.78, 5) is 11.9. The van der Waals surface area contributed by atoms with E-state index in [9.17, 15) is 13.2 Å². The summed E-state index contributed by atoms with van der Waals surface area (Å²) in [6, 6.07) is 8.21. The largest absolute Gasteiger partial charge is 0.361 e. The Morgan fingerprint density at radius 2 is 2.05 bits per heavy atom. The third-order valence-corrected chi connectivity index (χ3v) is 5.24. The van der Waals surface area contributed by atoms with Gasteiger partial charge < -0.3 is 9.84 Å². The van der Waals surface area contributed by atoms with E-state index < -0.39 is 10.0 Å². The average molecular weight is 321 g/mol. The molecule has 1 aliphatic rings. The number of amides is 1. The molecule has 3 rings (SSSR count). The molecule has 7 nitrogen and oxygen atoms in total. The van der Waals surface area contributed by atoms with Crippen molar-refractivity contribution < 1.29 is 17.7 Å². The molecule has 1 aromatic heterocycles. The molecule has 1 amide bonds. The van der Waals surface area contributed by atoms with E-state index >= 15 is 0 Å². The minimum Gasteiger partial charge on any atom is -0.361 e. The van der Waals surface area contributed by atoms with Gasteiger partial charge >= 0.3 is 0 Å². The molecule has 1 fully saturated rings. The van der Waals surface area contributed by atoms with Crippen molar-refractivity contribution in [3.05, 3.63) is 41.8 Å². The van der Waals surface area contributed by atoms with Gasteiger partial charge in [-0.3, -0.25) is 9.10 Å². The molecule has 1 aromatic carbocycles. The van der Waals surface area contributed by atoms with E-state index in [2.05, 4.69) is 10.5 Å². The molecule has 0 saturated carbocycles.